The van der Waals surface area contributed by atoms with E-state index in [2.05, 4.69) is 5.32 Å². The summed E-state index contributed by atoms with van der Waals surface area (Å²) in [4.78, 5) is 12.1. The van der Waals surface area contributed by atoms with Gasteiger partial charge in [-0.1, -0.05) is 6.42 Å². The first-order valence-corrected chi connectivity index (χ1v) is 6.39. The lowest BCUT2D eigenvalue weighted by Gasteiger charge is -2.26. The van der Waals surface area contributed by atoms with Crippen LogP contribution < -0.4 is 11.1 Å². The van der Waals surface area contributed by atoms with Crippen LogP contribution in [0.1, 0.15) is 32.1 Å². The molecule has 1 saturated heterocycles. The predicted octanol–water partition coefficient (Wildman–Crippen LogP) is 1.08. The van der Waals surface area contributed by atoms with Crippen molar-refractivity contribution in [1.82, 2.24) is 5.32 Å². The van der Waals surface area contributed by atoms with Crippen LogP contribution in [0, 0.1) is 11.8 Å². The first-order chi connectivity index (χ1) is 7.81. The average molecular weight is 263 g/mol. The summed E-state index contributed by atoms with van der Waals surface area (Å²) in [6.07, 6.45) is 5.17. The predicted molar refractivity (Wildman–Crippen MR) is 69.1 cm³/mol. The van der Waals surface area contributed by atoms with Gasteiger partial charge in [-0.25, -0.2) is 0 Å². The summed E-state index contributed by atoms with van der Waals surface area (Å²) in [5.41, 5.74) is 5.70. The molecule has 0 bridgehead atoms. The fourth-order valence-corrected chi connectivity index (χ4v) is 2.81. The second-order valence-corrected chi connectivity index (χ2v) is 4.93. The largest absolute Gasteiger partial charge is 0.381 e. The number of amides is 1. The van der Waals surface area contributed by atoms with E-state index >= 15 is 0 Å². The Balaban J connectivity index is 0.00000144. The molecule has 3 N–H and O–H groups in total. The summed E-state index contributed by atoms with van der Waals surface area (Å²) < 4.78 is 5.28. The van der Waals surface area contributed by atoms with Crippen molar-refractivity contribution in [3.8, 4) is 0 Å². The molecule has 0 aromatic heterocycles. The molecule has 1 aliphatic heterocycles. The van der Waals surface area contributed by atoms with E-state index in [-0.39, 0.29) is 24.2 Å². The number of rotatable bonds is 3. The third kappa shape index (κ3) is 3.83. The monoisotopic (exact) mass is 262 g/mol. The first kappa shape index (κ1) is 14.7. The summed E-state index contributed by atoms with van der Waals surface area (Å²) in [5, 5.41) is 3.15. The molecule has 0 spiro atoms. The number of carbonyl (C=O) groups is 1. The maximum absolute atomic E-state index is 12.1. The van der Waals surface area contributed by atoms with Crippen molar-refractivity contribution in [1.29, 1.82) is 0 Å². The SMILES string of the molecule is Cl.NC[C@H]1CCC[C@H]1C(=O)NC1CCOCC1. The Morgan fingerprint density at radius 1 is 1.24 bits per heavy atom. The number of carbonyl (C=O) groups excluding carboxylic acids is 1. The van der Waals surface area contributed by atoms with Gasteiger partial charge in [0.1, 0.15) is 0 Å². The third-order valence-corrected chi connectivity index (χ3v) is 3.87. The van der Waals surface area contributed by atoms with Gasteiger partial charge in [0.05, 0.1) is 0 Å². The van der Waals surface area contributed by atoms with Gasteiger partial charge >= 0.3 is 0 Å². The normalized spacial score (nSPS) is 29.7. The van der Waals surface area contributed by atoms with E-state index in [9.17, 15) is 4.79 Å². The molecule has 1 aliphatic carbocycles. The highest BCUT2D eigenvalue weighted by Gasteiger charge is 2.32. The Morgan fingerprint density at radius 2 is 1.94 bits per heavy atom. The van der Waals surface area contributed by atoms with Crippen LogP contribution in [0.4, 0.5) is 0 Å². The molecule has 0 aromatic carbocycles. The van der Waals surface area contributed by atoms with Crippen LogP contribution in [0.15, 0.2) is 0 Å². The van der Waals surface area contributed by atoms with Crippen molar-refractivity contribution in [3.63, 3.8) is 0 Å². The van der Waals surface area contributed by atoms with Gasteiger partial charge in [0.2, 0.25) is 5.91 Å². The number of nitrogens with two attached hydrogens (primary N) is 1. The van der Waals surface area contributed by atoms with Gasteiger partial charge in [-0.15, -0.1) is 12.4 Å². The van der Waals surface area contributed by atoms with E-state index in [1.807, 2.05) is 0 Å². The van der Waals surface area contributed by atoms with E-state index in [4.69, 9.17) is 10.5 Å². The highest BCUT2D eigenvalue weighted by Crippen LogP contribution is 2.31. The van der Waals surface area contributed by atoms with Crippen molar-refractivity contribution in [3.05, 3.63) is 0 Å². The quantitative estimate of drug-likeness (QED) is 0.800. The zero-order valence-electron chi connectivity index (χ0n) is 10.2. The fraction of sp³-hybridized carbons (Fsp3) is 0.917. The van der Waals surface area contributed by atoms with E-state index in [1.165, 1.54) is 0 Å². The molecule has 4 nitrogen and oxygen atoms in total. The zero-order valence-corrected chi connectivity index (χ0v) is 11.0. The van der Waals surface area contributed by atoms with Crippen LogP contribution in [0.3, 0.4) is 0 Å². The molecular weight excluding hydrogens is 240 g/mol. The van der Waals surface area contributed by atoms with E-state index < -0.39 is 0 Å². The number of hydrogen-bond donors (Lipinski definition) is 2. The molecule has 1 amide bonds. The molecule has 2 rings (SSSR count). The van der Waals surface area contributed by atoms with Crippen LogP contribution >= 0.6 is 12.4 Å². The maximum Gasteiger partial charge on any atom is 0.223 e. The molecule has 0 aromatic rings. The first-order valence-electron chi connectivity index (χ1n) is 6.39. The molecule has 2 aliphatic rings. The maximum atomic E-state index is 12.1. The number of nitrogens with one attached hydrogen (secondary N) is 1. The van der Waals surface area contributed by atoms with Gasteiger partial charge < -0.3 is 15.8 Å². The lowest BCUT2D eigenvalue weighted by Crippen LogP contribution is -2.43. The summed E-state index contributed by atoms with van der Waals surface area (Å²) in [7, 11) is 0. The second-order valence-electron chi connectivity index (χ2n) is 4.93. The molecule has 0 unspecified atom stereocenters. The molecule has 2 fully saturated rings. The van der Waals surface area contributed by atoms with Crippen molar-refractivity contribution in [2.75, 3.05) is 19.8 Å². The minimum atomic E-state index is 0. The lowest BCUT2D eigenvalue weighted by atomic mass is 9.94. The van der Waals surface area contributed by atoms with E-state index in [0.717, 1.165) is 45.3 Å². The molecule has 1 heterocycles. The van der Waals surface area contributed by atoms with Crippen molar-refractivity contribution >= 4 is 18.3 Å². The van der Waals surface area contributed by atoms with Gasteiger partial charge in [-0.2, -0.15) is 0 Å². The highest BCUT2D eigenvalue weighted by molar-refractivity contribution is 5.85. The van der Waals surface area contributed by atoms with Gasteiger partial charge in [0, 0.05) is 25.2 Å². The molecule has 5 heteroatoms. The minimum Gasteiger partial charge on any atom is -0.381 e. The van der Waals surface area contributed by atoms with E-state index in [1.54, 1.807) is 0 Å². The highest BCUT2D eigenvalue weighted by atomic mass is 35.5. The standard InChI is InChI=1S/C12H22N2O2.ClH/c13-8-9-2-1-3-11(9)12(15)14-10-4-6-16-7-5-10;/h9-11H,1-8,13H2,(H,14,15);1H/t9-,11-;/m1./s1. The third-order valence-electron chi connectivity index (χ3n) is 3.87. The molecular formula is C12H23ClN2O2. The second kappa shape index (κ2) is 7.19. The van der Waals surface area contributed by atoms with Crippen LogP contribution in [0.5, 0.6) is 0 Å². The van der Waals surface area contributed by atoms with Crippen LogP contribution in [-0.4, -0.2) is 31.7 Å². The van der Waals surface area contributed by atoms with Crippen molar-refractivity contribution < 1.29 is 9.53 Å². The van der Waals surface area contributed by atoms with Gasteiger partial charge in [0.15, 0.2) is 0 Å². The fourth-order valence-electron chi connectivity index (χ4n) is 2.81. The Bertz CT molecular complexity index is 245. The smallest absolute Gasteiger partial charge is 0.223 e. The Kier molecular flexibility index (Phi) is 6.23. The molecule has 17 heavy (non-hydrogen) atoms. The minimum absolute atomic E-state index is 0. The number of ether oxygens (including phenoxy) is 1. The summed E-state index contributed by atoms with van der Waals surface area (Å²) >= 11 is 0. The van der Waals surface area contributed by atoms with Crippen molar-refractivity contribution in [2.24, 2.45) is 17.6 Å². The lowest BCUT2D eigenvalue weighted by molar-refractivity contribution is -0.127. The molecule has 2 atom stereocenters. The number of hydrogen-bond acceptors (Lipinski definition) is 3. The van der Waals surface area contributed by atoms with Crippen molar-refractivity contribution in [2.45, 2.75) is 38.1 Å². The molecule has 0 radical (unpaired) electrons. The average Bonchev–Trinajstić information content (AvgIpc) is 2.78. The van der Waals surface area contributed by atoms with Crippen LogP contribution in [0.2, 0.25) is 0 Å². The molecule has 1 saturated carbocycles. The Morgan fingerprint density at radius 3 is 2.59 bits per heavy atom. The Hall–Kier alpha value is -0.320. The Labute approximate surface area is 109 Å². The van der Waals surface area contributed by atoms with Crippen LogP contribution in [0.25, 0.3) is 0 Å². The van der Waals surface area contributed by atoms with Gasteiger partial charge in [-0.05, 0) is 38.1 Å². The summed E-state index contributed by atoms with van der Waals surface area (Å²) in [5.74, 6) is 0.785. The number of halogens is 1. The summed E-state index contributed by atoms with van der Waals surface area (Å²) in [6, 6.07) is 0.320. The summed E-state index contributed by atoms with van der Waals surface area (Å²) in [6.45, 7) is 2.19. The van der Waals surface area contributed by atoms with E-state index in [0.29, 0.717) is 18.5 Å². The van der Waals surface area contributed by atoms with Crippen LogP contribution in [-0.2, 0) is 9.53 Å². The molecule has 100 valence electrons. The van der Waals surface area contributed by atoms with Gasteiger partial charge in [-0.3, -0.25) is 4.79 Å². The topological polar surface area (TPSA) is 64.4 Å². The zero-order chi connectivity index (χ0) is 11.4. The van der Waals surface area contributed by atoms with Gasteiger partial charge in [0.25, 0.3) is 0 Å².